The van der Waals surface area contributed by atoms with Crippen molar-refractivity contribution in [3.05, 3.63) is 40.7 Å². The van der Waals surface area contributed by atoms with Gasteiger partial charge in [0, 0.05) is 11.5 Å². The van der Waals surface area contributed by atoms with E-state index in [-0.39, 0.29) is 17.0 Å². The maximum absolute atomic E-state index is 13.9. The first kappa shape index (κ1) is 17.6. The van der Waals surface area contributed by atoms with E-state index in [0.717, 1.165) is 6.07 Å². The van der Waals surface area contributed by atoms with Gasteiger partial charge >= 0.3 is 5.97 Å². The molecule has 2 N–H and O–H groups in total. The van der Waals surface area contributed by atoms with Gasteiger partial charge in [-0.1, -0.05) is 24.2 Å². The minimum atomic E-state index is -4.33. The molecule has 1 unspecified atom stereocenters. The van der Waals surface area contributed by atoms with Gasteiger partial charge in [-0.25, -0.2) is 12.8 Å². The summed E-state index contributed by atoms with van der Waals surface area (Å²) >= 11 is 5.51. The van der Waals surface area contributed by atoms with E-state index in [4.69, 9.17) is 16.7 Å². The molecule has 1 atom stereocenters. The lowest BCUT2D eigenvalue weighted by atomic mass is 10.1. The zero-order valence-electron chi connectivity index (χ0n) is 11.5. The molecule has 0 bridgehead atoms. The molecule has 0 aliphatic heterocycles. The van der Waals surface area contributed by atoms with Crippen molar-refractivity contribution < 1.29 is 22.7 Å². The quantitative estimate of drug-likeness (QED) is 0.835. The number of benzene rings is 1. The third kappa shape index (κ3) is 4.52. The molecule has 1 aromatic carbocycles. The van der Waals surface area contributed by atoms with Gasteiger partial charge in [0.1, 0.15) is 16.8 Å². The minimum absolute atomic E-state index is 0.0220. The Kier molecular flexibility index (Phi) is 5.49. The number of carbonyl (C=O) groups is 1. The molecular formula is C13H15ClFNO4S. The topological polar surface area (TPSA) is 83.5 Å². The molecule has 8 heteroatoms. The van der Waals surface area contributed by atoms with Gasteiger partial charge in [-0.3, -0.25) is 4.79 Å². The molecular weight excluding hydrogens is 321 g/mol. The minimum Gasteiger partial charge on any atom is -0.480 e. The molecule has 0 heterocycles. The standard InChI is InChI=1S/C13H15ClFNO4S/c1-7-4-8(2)12(10(15)5-7)21(19,20)16-11(13(17)18)6-9(3)14/h4-5,11,16H,3,6H2,1-2H3,(H,17,18). The predicted molar refractivity (Wildman–Crippen MR) is 77.2 cm³/mol. The van der Waals surface area contributed by atoms with E-state index < -0.39 is 32.7 Å². The molecule has 1 aromatic rings. The molecule has 0 radical (unpaired) electrons. The highest BCUT2D eigenvalue weighted by atomic mass is 35.5. The third-order valence-corrected chi connectivity index (χ3v) is 4.47. The summed E-state index contributed by atoms with van der Waals surface area (Å²) in [6, 6.07) is 1.05. The molecule has 21 heavy (non-hydrogen) atoms. The number of carboxylic acid groups (broad SMARTS) is 1. The van der Waals surface area contributed by atoms with Crippen molar-refractivity contribution in [3.8, 4) is 0 Å². The second-order valence-electron chi connectivity index (χ2n) is 4.63. The van der Waals surface area contributed by atoms with Crippen LogP contribution in [0.5, 0.6) is 0 Å². The van der Waals surface area contributed by atoms with Crippen LogP contribution in [0, 0.1) is 19.7 Å². The molecule has 0 spiro atoms. The lowest BCUT2D eigenvalue weighted by Gasteiger charge is -2.16. The average Bonchev–Trinajstić information content (AvgIpc) is 2.24. The molecule has 0 fully saturated rings. The number of rotatable bonds is 6. The Bertz CT molecular complexity index is 664. The Balaban J connectivity index is 3.23. The van der Waals surface area contributed by atoms with Crippen LogP contribution >= 0.6 is 11.6 Å². The van der Waals surface area contributed by atoms with Crippen LogP contribution in [0.3, 0.4) is 0 Å². The van der Waals surface area contributed by atoms with Gasteiger partial charge in [-0.2, -0.15) is 4.72 Å². The maximum atomic E-state index is 13.9. The van der Waals surface area contributed by atoms with Gasteiger partial charge in [-0.05, 0) is 31.0 Å². The molecule has 0 aliphatic carbocycles. The van der Waals surface area contributed by atoms with Gasteiger partial charge in [0.05, 0.1) is 0 Å². The number of aryl methyl sites for hydroxylation is 2. The van der Waals surface area contributed by atoms with Crippen molar-refractivity contribution in [2.75, 3.05) is 0 Å². The van der Waals surface area contributed by atoms with E-state index in [9.17, 15) is 17.6 Å². The number of halogens is 2. The van der Waals surface area contributed by atoms with Gasteiger partial charge < -0.3 is 5.11 Å². The normalized spacial score (nSPS) is 13.0. The van der Waals surface area contributed by atoms with Crippen molar-refractivity contribution in [2.24, 2.45) is 0 Å². The van der Waals surface area contributed by atoms with Crippen LogP contribution in [-0.4, -0.2) is 25.5 Å². The van der Waals surface area contributed by atoms with Crippen LogP contribution < -0.4 is 4.72 Å². The molecule has 0 aromatic heterocycles. The van der Waals surface area contributed by atoms with Crippen molar-refractivity contribution in [2.45, 2.75) is 31.2 Å². The summed E-state index contributed by atoms with van der Waals surface area (Å²) in [5.74, 6) is -2.36. The van der Waals surface area contributed by atoms with Crippen LogP contribution in [0.4, 0.5) is 4.39 Å². The number of sulfonamides is 1. The Morgan fingerprint density at radius 3 is 2.48 bits per heavy atom. The highest BCUT2D eigenvalue weighted by Gasteiger charge is 2.29. The Morgan fingerprint density at radius 1 is 1.48 bits per heavy atom. The summed E-state index contributed by atoms with van der Waals surface area (Å²) in [6.45, 7) is 6.37. The smallest absolute Gasteiger partial charge is 0.322 e. The van der Waals surface area contributed by atoms with Gasteiger partial charge in [0.25, 0.3) is 0 Å². The zero-order chi connectivity index (χ0) is 16.4. The molecule has 0 amide bonds. The van der Waals surface area contributed by atoms with E-state index in [0.29, 0.717) is 5.56 Å². The first-order valence-corrected chi connectivity index (χ1v) is 7.76. The summed E-state index contributed by atoms with van der Waals surface area (Å²) < 4.78 is 40.2. The number of aliphatic carboxylic acids is 1. The first-order chi connectivity index (χ1) is 9.54. The lowest BCUT2D eigenvalue weighted by molar-refractivity contribution is -0.138. The van der Waals surface area contributed by atoms with Crippen LogP contribution in [0.15, 0.2) is 28.6 Å². The second-order valence-corrected chi connectivity index (χ2v) is 6.81. The highest BCUT2D eigenvalue weighted by Crippen LogP contribution is 2.22. The van der Waals surface area contributed by atoms with E-state index in [1.54, 1.807) is 6.92 Å². The second kappa shape index (κ2) is 6.55. The van der Waals surface area contributed by atoms with Crippen molar-refractivity contribution in [3.63, 3.8) is 0 Å². The zero-order valence-corrected chi connectivity index (χ0v) is 13.1. The molecule has 5 nitrogen and oxygen atoms in total. The SMILES string of the molecule is C=C(Cl)CC(NS(=O)(=O)c1c(C)cc(C)cc1F)C(=O)O. The lowest BCUT2D eigenvalue weighted by Crippen LogP contribution is -2.41. The Hall–Kier alpha value is -1.44. The summed E-state index contributed by atoms with van der Waals surface area (Å²) in [4.78, 5) is 10.5. The maximum Gasteiger partial charge on any atom is 0.322 e. The Morgan fingerprint density at radius 2 is 2.05 bits per heavy atom. The number of hydrogen-bond acceptors (Lipinski definition) is 3. The molecule has 0 saturated carbocycles. The van der Waals surface area contributed by atoms with Crippen molar-refractivity contribution in [1.29, 1.82) is 0 Å². The van der Waals surface area contributed by atoms with Crippen LogP contribution in [0.2, 0.25) is 0 Å². The van der Waals surface area contributed by atoms with E-state index in [2.05, 4.69) is 6.58 Å². The van der Waals surface area contributed by atoms with Crippen LogP contribution in [0.25, 0.3) is 0 Å². The third-order valence-electron chi connectivity index (χ3n) is 2.66. The number of nitrogens with one attached hydrogen (secondary N) is 1. The average molecular weight is 336 g/mol. The van der Waals surface area contributed by atoms with Crippen LogP contribution in [-0.2, 0) is 14.8 Å². The molecule has 0 aliphatic rings. The van der Waals surface area contributed by atoms with Crippen molar-refractivity contribution in [1.82, 2.24) is 4.72 Å². The number of carboxylic acids is 1. The fourth-order valence-electron chi connectivity index (χ4n) is 1.89. The van der Waals surface area contributed by atoms with Gasteiger partial charge in [0.15, 0.2) is 0 Å². The number of hydrogen-bond donors (Lipinski definition) is 2. The van der Waals surface area contributed by atoms with Gasteiger partial charge in [-0.15, -0.1) is 0 Å². The van der Waals surface area contributed by atoms with E-state index in [1.807, 2.05) is 4.72 Å². The highest BCUT2D eigenvalue weighted by molar-refractivity contribution is 7.89. The van der Waals surface area contributed by atoms with E-state index >= 15 is 0 Å². The largest absolute Gasteiger partial charge is 0.480 e. The first-order valence-electron chi connectivity index (χ1n) is 5.89. The summed E-state index contributed by atoms with van der Waals surface area (Å²) in [5.41, 5.74) is 0.752. The monoisotopic (exact) mass is 335 g/mol. The Labute approximate surface area is 127 Å². The fraction of sp³-hybridized carbons (Fsp3) is 0.308. The predicted octanol–water partition coefficient (Wildman–Crippen LogP) is 2.32. The molecule has 116 valence electrons. The van der Waals surface area contributed by atoms with Crippen LogP contribution in [0.1, 0.15) is 17.5 Å². The molecule has 1 rings (SSSR count). The summed E-state index contributed by atoms with van der Waals surface area (Å²) in [7, 11) is -4.33. The summed E-state index contributed by atoms with van der Waals surface area (Å²) in [6.07, 6.45) is -0.303. The van der Waals surface area contributed by atoms with Crippen molar-refractivity contribution >= 4 is 27.6 Å². The molecule has 0 saturated heterocycles. The summed E-state index contributed by atoms with van der Waals surface area (Å²) in [5, 5.41) is 8.97. The fourth-order valence-corrected chi connectivity index (χ4v) is 3.52. The van der Waals surface area contributed by atoms with Gasteiger partial charge in [0.2, 0.25) is 10.0 Å². The van der Waals surface area contributed by atoms with E-state index in [1.165, 1.54) is 13.0 Å².